The molecule has 29 heavy (non-hydrogen) atoms. The zero-order valence-electron chi connectivity index (χ0n) is 26.0. The number of fused-ring (bicyclic) bond motifs is 5. The number of pyridine rings is 2. The van der Waals surface area contributed by atoms with E-state index in [0.29, 0.717) is 27.6 Å². The molecule has 2 aromatic carbocycles. The van der Waals surface area contributed by atoms with Crippen LogP contribution in [0.15, 0.2) is 59.1 Å². The molecule has 0 spiro atoms. The van der Waals surface area contributed by atoms with Crippen molar-refractivity contribution in [2.45, 2.75) is 33.4 Å². The summed E-state index contributed by atoms with van der Waals surface area (Å²) < 4.78 is 87.6. The maximum Gasteiger partial charge on any atom is 0.227 e. The minimum atomic E-state index is -3.14. The standard InChI is InChI=1S/C26H25N2O/c1-15(2)18-12-13-28(5)22(14-18)23-17(4)19-8-6-7-9-20(19)25-24(23)21-11-10-16(3)27-26(21)29-25/h6-15H,1-5H3/q+1/i1D3,2D3,3D3,15D. The summed E-state index contributed by atoms with van der Waals surface area (Å²) in [6.45, 7) is -6.81. The Balaban J connectivity index is 1.94. The molecule has 0 unspecified atom stereocenters. The molecule has 0 bridgehead atoms. The molecule has 3 heteroatoms. The van der Waals surface area contributed by atoms with Crippen molar-refractivity contribution in [3.05, 3.63) is 71.5 Å². The van der Waals surface area contributed by atoms with E-state index in [-0.39, 0.29) is 17.0 Å². The molecule has 3 nitrogen and oxygen atoms in total. The van der Waals surface area contributed by atoms with Gasteiger partial charge in [-0.25, -0.2) is 9.55 Å². The van der Waals surface area contributed by atoms with Gasteiger partial charge >= 0.3 is 0 Å². The zero-order chi connectivity index (χ0) is 28.7. The van der Waals surface area contributed by atoms with Crippen molar-refractivity contribution >= 4 is 32.8 Å². The minimum absolute atomic E-state index is 0.112. The van der Waals surface area contributed by atoms with Crippen LogP contribution in [0.25, 0.3) is 44.1 Å². The summed E-state index contributed by atoms with van der Waals surface area (Å²) >= 11 is 0. The van der Waals surface area contributed by atoms with Crippen LogP contribution in [0.2, 0.25) is 0 Å². The van der Waals surface area contributed by atoms with E-state index in [4.69, 9.17) is 18.1 Å². The van der Waals surface area contributed by atoms with Crippen LogP contribution in [0, 0.1) is 13.8 Å². The fourth-order valence-corrected chi connectivity index (χ4v) is 4.04. The van der Waals surface area contributed by atoms with Gasteiger partial charge in [0.25, 0.3) is 0 Å². The molecule has 0 aliphatic heterocycles. The lowest BCUT2D eigenvalue weighted by Crippen LogP contribution is -2.31. The maximum absolute atomic E-state index is 8.71. The van der Waals surface area contributed by atoms with Gasteiger partial charge in [-0.2, -0.15) is 0 Å². The van der Waals surface area contributed by atoms with Crippen LogP contribution in [-0.4, -0.2) is 4.98 Å². The van der Waals surface area contributed by atoms with Crippen molar-refractivity contribution in [3.8, 4) is 11.3 Å². The first-order valence-corrected chi connectivity index (χ1v) is 9.22. The fourth-order valence-electron chi connectivity index (χ4n) is 4.04. The van der Waals surface area contributed by atoms with Gasteiger partial charge < -0.3 is 4.42 Å². The number of benzene rings is 2. The Morgan fingerprint density at radius 1 is 1.07 bits per heavy atom. The Morgan fingerprint density at radius 2 is 1.90 bits per heavy atom. The van der Waals surface area contributed by atoms with Crippen LogP contribution in [0.3, 0.4) is 0 Å². The summed E-state index contributed by atoms with van der Waals surface area (Å²) in [7, 11) is 1.74. The molecular weight excluding hydrogens is 356 g/mol. The van der Waals surface area contributed by atoms with Crippen molar-refractivity contribution in [2.75, 3.05) is 0 Å². The third-order valence-corrected chi connectivity index (χ3v) is 5.45. The van der Waals surface area contributed by atoms with E-state index >= 15 is 0 Å². The van der Waals surface area contributed by atoms with E-state index in [2.05, 4.69) is 4.98 Å². The molecule has 0 aliphatic carbocycles. The van der Waals surface area contributed by atoms with Crippen LogP contribution < -0.4 is 4.57 Å². The summed E-state index contributed by atoms with van der Waals surface area (Å²) in [5.74, 6) is -2.87. The third-order valence-electron chi connectivity index (χ3n) is 5.45. The van der Waals surface area contributed by atoms with Gasteiger partial charge in [-0.3, -0.25) is 0 Å². The van der Waals surface area contributed by atoms with Crippen LogP contribution in [-0.2, 0) is 7.05 Å². The molecule has 0 atom stereocenters. The second kappa shape index (κ2) is 6.41. The summed E-state index contributed by atoms with van der Waals surface area (Å²) in [4.78, 5) is 4.28. The molecule has 0 saturated heterocycles. The highest BCUT2D eigenvalue weighted by atomic mass is 16.3. The molecule has 0 N–H and O–H groups in total. The van der Waals surface area contributed by atoms with Crippen LogP contribution in [0.1, 0.15) is 50.1 Å². The smallest absolute Gasteiger partial charge is 0.227 e. The molecule has 144 valence electrons. The first kappa shape index (κ1) is 10.0. The summed E-state index contributed by atoms with van der Waals surface area (Å²) in [5.41, 5.74) is 2.22. The topological polar surface area (TPSA) is 29.9 Å². The van der Waals surface area contributed by atoms with Gasteiger partial charge in [-0.15, -0.1) is 0 Å². The Bertz CT molecular complexity index is 1750. The molecule has 0 fully saturated rings. The number of hydrogen-bond acceptors (Lipinski definition) is 2. The predicted molar refractivity (Wildman–Crippen MR) is 119 cm³/mol. The van der Waals surface area contributed by atoms with Crippen LogP contribution in [0.5, 0.6) is 0 Å². The molecule has 3 aromatic heterocycles. The van der Waals surface area contributed by atoms with E-state index in [1.54, 1.807) is 23.9 Å². The monoisotopic (exact) mass is 391 g/mol. The van der Waals surface area contributed by atoms with Crippen LogP contribution >= 0.6 is 0 Å². The minimum Gasteiger partial charge on any atom is -0.437 e. The highest BCUT2D eigenvalue weighted by Gasteiger charge is 2.24. The molecule has 0 radical (unpaired) electrons. The van der Waals surface area contributed by atoms with Crippen molar-refractivity contribution in [3.63, 3.8) is 0 Å². The molecular formula is C26H25N2O+. The highest BCUT2D eigenvalue weighted by Crippen LogP contribution is 2.42. The fraction of sp³-hybridized carbons (Fsp3) is 0.231. The number of nitrogens with zero attached hydrogens (tertiary/aromatic N) is 2. The van der Waals surface area contributed by atoms with Gasteiger partial charge in [0.1, 0.15) is 12.6 Å². The average molecular weight is 392 g/mol. The summed E-state index contributed by atoms with van der Waals surface area (Å²) in [5, 5.41) is 2.79. The SMILES string of the molecule is [2H]C([2H])([2H])c1ccc2c(n1)oc1c3ccccc3c(C)c(-c3cc(C([2H])(C([2H])([2H])[2H])C([2H])([2H])[2H])cc[n+]3C)c21. The Morgan fingerprint density at radius 3 is 2.69 bits per heavy atom. The third kappa shape index (κ3) is 2.65. The van der Waals surface area contributed by atoms with Gasteiger partial charge in [0.15, 0.2) is 6.20 Å². The molecule has 5 rings (SSSR count). The van der Waals surface area contributed by atoms with E-state index in [1.165, 1.54) is 18.2 Å². The Hall–Kier alpha value is -3.20. The average Bonchev–Trinajstić information content (AvgIpc) is 3.21. The predicted octanol–water partition coefficient (Wildman–Crippen LogP) is 6.37. The quantitative estimate of drug-likeness (QED) is 0.327. The van der Waals surface area contributed by atoms with E-state index < -0.39 is 26.4 Å². The Labute approximate surface area is 184 Å². The molecule has 0 aliphatic rings. The second-order valence-electron chi connectivity index (χ2n) is 7.19. The lowest BCUT2D eigenvalue weighted by Gasteiger charge is -2.12. The number of aryl methyl sites for hydroxylation is 3. The molecule has 5 aromatic rings. The van der Waals surface area contributed by atoms with Gasteiger partial charge in [0.05, 0.1) is 5.56 Å². The van der Waals surface area contributed by atoms with Crippen molar-refractivity contribution in [1.82, 2.24) is 4.98 Å². The van der Waals surface area contributed by atoms with Gasteiger partial charge in [0.2, 0.25) is 11.4 Å². The largest absolute Gasteiger partial charge is 0.437 e. The molecule has 3 heterocycles. The molecule has 0 amide bonds. The normalized spacial score (nSPS) is 18.7. The van der Waals surface area contributed by atoms with Gasteiger partial charge in [-0.1, -0.05) is 38.0 Å². The Kier molecular flexibility index (Phi) is 2.22. The summed E-state index contributed by atoms with van der Waals surface area (Å²) in [6, 6.07) is 13.4. The lowest BCUT2D eigenvalue weighted by molar-refractivity contribution is -0.660. The van der Waals surface area contributed by atoms with Crippen LogP contribution in [0.4, 0.5) is 0 Å². The van der Waals surface area contributed by atoms with E-state index in [0.717, 1.165) is 16.3 Å². The first-order valence-electron chi connectivity index (χ1n) is 14.2. The first-order chi connectivity index (χ1) is 18.0. The molecule has 0 saturated carbocycles. The number of rotatable bonds is 2. The maximum atomic E-state index is 8.71. The van der Waals surface area contributed by atoms with Crippen molar-refractivity contribution in [2.24, 2.45) is 7.05 Å². The van der Waals surface area contributed by atoms with E-state index in [9.17, 15) is 0 Å². The van der Waals surface area contributed by atoms with Crippen molar-refractivity contribution < 1.29 is 22.7 Å². The second-order valence-corrected chi connectivity index (χ2v) is 7.19. The lowest BCUT2D eigenvalue weighted by atomic mass is 9.91. The number of furan rings is 1. The van der Waals surface area contributed by atoms with E-state index in [1.807, 2.05) is 31.2 Å². The number of hydrogen-bond donors (Lipinski definition) is 0. The van der Waals surface area contributed by atoms with Gasteiger partial charge in [0, 0.05) is 47.7 Å². The van der Waals surface area contributed by atoms with Gasteiger partial charge in [-0.05, 0) is 48.3 Å². The van der Waals surface area contributed by atoms with Crippen molar-refractivity contribution in [1.29, 1.82) is 0 Å². The summed E-state index contributed by atoms with van der Waals surface area (Å²) in [6.07, 6.45) is 1.54. The number of aromatic nitrogens is 2. The highest BCUT2D eigenvalue weighted by molar-refractivity contribution is 6.21. The zero-order valence-corrected chi connectivity index (χ0v) is 16.0.